The Bertz CT molecular complexity index is 973. The minimum atomic E-state index is -1.00. The highest BCUT2D eigenvalue weighted by atomic mass is 19.1. The Morgan fingerprint density at radius 3 is 2.76 bits per heavy atom. The molecule has 0 unspecified atom stereocenters. The van der Waals surface area contributed by atoms with Crippen molar-refractivity contribution in [2.24, 2.45) is 40.9 Å². The number of nitriles is 1. The van der Waals surface area contributed by atoms with E-state index in [9.17, 15) is 14.4 Å². The van der Waals surface area contributed by atoms with Crippen LogP contribution in [0, 0.1) is 58.1 Å². The van der Waals surface area contributed by atoms with E-state index >= 15 is 4.39 Å². The highest BCUT2D eigenvalue weighted by Crippen LogP contribution is 2.66. The Labute approximate surface area is 195 Å². The van der Waals surface area contributed by atoms with Crippen molar-refractivity contribution >= 4 is 5.78 Å². The molecule has 0 aliphatic heterocycles. The first-order chi connectivity index (χ1) is 15.8. The molecular formula is C28H35F2NO2. The molecule has 0 saturated heterocycles. The lowest BCUT2D eigenvalue weighted by molar-refractivity contribution is -0.146. The van der Waals surface area contributed by atoms with Crippen LogP contribution in [0.5, 0.6) is 5.75 Å². The summed E-state index contributed by atoms with van der Waals surface area (Å²) in [6, 6.07) is 5.71. The molecule has 8 atom stereocenters. The van der Waals surface area contributed by atoms with Crippen LogP contribution in [-0.4, -0.2) is 18.1 Å². The number of ketones is 1. The lowest BCUT2D eigenvalue weighted by Gasteiger charge is -2.58. The zero-order chi connectivity index (χ0) is 23.4. The lowest BCUT2D eigenvalue weighted by Crippen LogP contribution is -2.56. The molecule has 0 radical (unpaired) electrons. The molecular weight excluding hydrogens is 420 g/mol. The number of Topliss-reactive ketones (excluding diaryl/α,β-unsaturated/α-hetero) is 1. The highest BCUT2D eigenvalue weighted by molar-refractivity contribution is 5.83. The molecule has 4 fully saturated rings. The molecule has 178 valence electrons. The molecule has 5 rings (SSSR count). The first kappa shape index (κ1) is 22.8. The second-order valence-corrected chi connectivity index (χ2v) is 11.6. The normalized spacial score (nSPS) is 41.9. The van der Waals surface area contributed by atoms with Crippen LogP contribution < -0.4 is 4.74 Å². The summed E-state index contributed by atoms with van der Waals surface area (Å²) < 4.78 is 35.5. The molecule has 0 bridgehead atoms. The number of ether oxygens (including phenoxy) is 1. The first-order valence-corrected chi connectivity index (χ1v) is 12.8. The molecule has 4 aliphatic rings. The summed E-state index contributed by atoms with van der Waals surface area (Å²) in [6.45, 7) is 4.42. The summed E-state index contributed by atoms with van der Waals surface area (Å²) in [5, 5.41) is 9.23. The van der Waals surface area contributed by atoms with Gasteiger partial charge in [-0.05, 0) is 111 Å². The number of fused-ring (bicyclic) bond motifs is 5. The van der Waals surface area contributed by atoms with Crippen LogP contribution in [0.15, 0.2) is 18.2 Å². The number of halogens is 2. The van der Waals surface area contributed by atoms with E-state index in [2.05, 4.69) is 13.8 Å². The second-order valence-electron chi connectivity index (χ2n) is 11.6. The molecule has 4 saturated carbocycles. The first-order valence-electron chi connectivity index (χ1n) is 12.8. The standard InChI is InChI=1S/C28H35F2NO2/c1-17-9-12-28(30)19(13-17)3-5-21-22-6-7-24(27(22,2)11-10-23(21)28)25(32)16-33-26-8-4-20(29)14-18(26)15-31/h4,8,14,17,19,21-24H,3,5-7,9-13,16H2,1-2H3/t17-,19+,21-,22-,23-,24-,27-,28+/m0/s1. The average Bonchev–Trinajstić information content (AvgIpc) is 3.15. The van der Waals surface area contributed by atoms with Crippen molar-refractivity contribution in [2.75, 3.05) is 6.61 Å². The SMILES string of the molecule is C[C@H]1CC[C@@]2(F)[C@H](CC[C@H]3[C@@H]4CC[C@@H](C(=O)COc5ccc(F)cc5C#N)[C@@]4(C)CC[C@@H]32)C1. The van der Waals surface area contributed by atoms with Crippen LogP contribution in [0.25, 0.3) is 0 Å². The number of carbonyl (C=O) groups is 1. The number of hydrogen-bond donors (Lipinski definition) is 0. The molecule has 0 heterocycles. The Morgan fingerprint density at radius 2 is 1.97 bits per heavy atom. The maximum Gasteiger partial charge on any atom is 0.173 e. The number of alkyl halides is 1. The topological polar surface area (TPSA) is 50.1 Å². The second kappa shape index (κ2) is 8.36. The van der Waals surface area contributed by atoms with Gasteiger partial charge in [0.05, 0.1) is 5.56 Å². The maximum absolute atomic E-state index is 16.4. The Hall–Kier alpha value is -1.96. The van der Waals surface area contributed by atoms with Crippen molar-refractivity contribution in [1.82, 2.24) is 0 Å². The minimum Gasteiger partial charge on any atom is -0.484 e. The number of nitrogens with zero attached hydrogens (tertiary/aromatic N) is 1. The fourth-order valence-electron chi connectivity index (χ4n) is 8.49. The van der Waals surface area contributed by atoms with Gasteiger partial charge in [-0.1, -0.05) is 13.8 Å². The zero-order valence-corrected chi connectivity index (χ0v) is 19.8. The largest absolute Gasteiger partial charge is 0.484 e. The van der Waals surface area contributed by atoms with Gasteiger partial charge in [0.15, 0.2) is 5.78 Å². The van der Waals surface area contributed by atoms with Gasteiger partial charge in [0.25, 0.3) is 0 Å². The molecule has 1 aromatic rings. The Kier molecular flexibility index (Phi) is 5.78. The van der Waals surface area contributed by atoms with Gasteiger partial charge in [0.1, 0.15) is 29.9 Å². The zero-order valence-electron chi connectivity index (χ0n) is 19.8. The molecule has 4 aliphatic carbocycles. The molecule has 0 spiro atoms. The van der Waals surface area contributed by atoms with Crippen LogP contribution in [0.2, 0.25) is 0 Å². The summed E-state index contributed by atoms with van der Waals surface area (Å²) in [7, 11) is 0. The molecule has 33 heavy (non-hydrogen) atoms. The van der Waals surface area contributed by atoms with Gasteiger partial charge in [-0.3, -0.25) is 4.79 Å². The van der Waals surface area contributed by atoms with E-state index in [1.807, 2.05) is 6.07 Å². The third-order valence-electron chi connectivity index (χ3n) is 10.1. The van der Waals surface area contributed by atoms with E-state index in [4.69, 9.17) is 4.74 Å². The molecule has 0 aromatic heterocycles. The van der Waals surface area contributed by atoms with Crippen LogP contribution >= 0.6 is 0 Å². The van der Waals surface area contributed by atoms with Crippen molar-refractivity contribution in [2.45, 2.75) is 77.3 Å². The van der Waals surface area contributed by atoms with Gasteiger partial charge in [-0.15, -0.1) is 0 Å². The van der Waals surface area contributed by atoms with E-state index in [-0.39, 0.29) is 46.9 Å². The minimum absolute atomic E-state index is 0.0572. The van der Waals surface area contributed by atoms with E-state index in [0.717, 1.165) is 63.9 Å². The average molecular weight is 456 g/mol. The molecule has 3 nitrogen and oxygen atoms in total. The smallest absolute Gasteiger partial charge is 0.173 e. The van der Waals surface area contributed by atoms with Crippen molar-refractivity contribution in [3.63, 3.8) is 0 Å². The number of benzene rings is 1. The van der Waals surface area contributed by atoms with Crippen LogP contribution in [0.4, 0.5) is 8.78 Å². The monoisotopic (exact) mass is 455 g/mol. The maximum atomic E-state index is 16.4. The van der Waals surface area contributed by atoms with Crippen LogP contribution in [0.1, 0.15) is 77.2 Å². The molecule has 5 heteroatoms. The van der Waals surface area contributed by atoms with Crippen molar-refractivity contribution < 1.29 is 18.3 Å². The summed E-state index contributed by atoms with van der Waals surface area (Å²) in [4.78, 5) is 13.3. The van der Waals surface area contributed by atoms with Crippen LogP contribution in [0.3, 0.4) is 0 Å². The van der Waals surface area contributed by atoms with Gasteiger partial charge in [-0.25, -0.2) is 8.78 Å². The quantitative estimate of drug-likeness (QED) is 0.511. The fourth-order valence-corrected chi connectivity index (χ4v) is 8.49. The summed E-state index contributed by atoms with van der Waals surface area (Å²) in [5.41, 5.74) is -1.00. The number of hydrogen-bond acceptors (Lipinski definition) is 3. The molecule has 0 amide bonds. The highest BCUT2D eigenvalue weighted by Gasteiger charge is 2.62. The molecule has 0 N–H and O–H groups in total. The van der Waals surface area contributed by atoms with Crippen molar-refractivity contribution in [1.29, 1.82) is 5.26 Å². The third-order valence-corrected chi connectivity index (χ3v) is 10.1. The Balaban J connectivity index is 1.29. The van der Waals surface area contributed by atoms with Crippen molar-refractivity contribution in [3.8, 4) is 11.8 Å². The van der Waals surface area contributed by atoms with E-state index < -0.39 is 11.5 Å². The summed E-state index contributed by atoms with van der Waals surface area (Å²) in [6.07, 6.45) is 8.48. The predicted octanol–water partition coefficient (Wildman–Crippen LogP) is 6.64. The number of carbonyl (C=O) groups excluding carboxylic acids is 1. The molecule has 1 aromatic carbocycles. The van der Waals surface area contributed by atoms with E-state index in [0.29, 0.717) is 17.8 Å². The fraction of sp³-hybridized carbons (Fsp3) is 0.714. The number of rotatable bonds is 4. The van der Waals surface area contributed by atoms with Gasteiger partial charge in [0, 0.05) is 5.92 Å². The van der Waals surface area contributed by atoms with E-state index in [1.165, 1.54) is 12.1 Å². The summed E-state index contributed by atoms with van der Waals surface area (Å²) in [5.74, 6) is 1.53. The van der Waals surface area contributed by atoms with Crippen LogP contribution in [-0.2, 0) is 4.79 Å². The predicted molar refractivity (Wildman–Crippen MR) is 122 cm³/mol. The van der Waals surface area contributed by atoms with Gasteiger partial charge in [0.2, 0.25) is 0 Å². The van der Waals surface area contributed by atoms with Crippen molar-refractivity contribution in [3.05, 3.63) is 29.6 Å². The van der Waals surface area contributed by atoms with E-state index in [1.54, 1.807) is 0 Å². The summed E-state index contributed by atoms with van der Waals surface area (Å²) >= 11 is 0. The lowest BCUT2D eigenvalue weighted by atomic mass is 9.48. The van der Waals surface area contributed by atoms with Gasteiger partial charge >= 0.3 is 0 Å². The third kappa shape index (κ3) is 3.69. The van der Waals surface area contributed by atoms with Gasteiger partial charge < -0.3 is 4.74 Å². The van der Waals surface area contributed by atoms with Gasteiger partial charge in [-0.2, -0.15) is 5.26 Å². The Morgan fingerprint density at radius 1 is 1.15 bits per heavy atom.